The maximum absolute atomic E-state index is 8.95. The molecule has 0 aromatic rings. The van der Waals surface area contributed by atoms with Gasteiger partial charge in [-0.3, -0.25) is 0 Å². The van der Waals surface area contributed by atoms with Crippen molar-refractivity contribution in [2.45, 2.75) is 66.2 Å². The Labute approximate surface area is 101 Å². The minimum Gasteiger partial charge on any atom is -0.392 e. The van der Waals surface area contributed by atoms with Crippen LogP contribution in [-0.2, 0) is 0 Å². The molecule has 1 nitrogen and oxygen atoms in total. The van der Waals surface area contributed by atoms with Crippen LogP contribution in [0.4, 0.5) is 0 Å². The van der Waals surface area contributed by atoms with Crippen LogP contribution in [0.1, 0.15) is 66.2 Å². The van der Waals surface area contributed by atoms with Crippen LogP contribution in [0.2, 0.25) is 0 Å². The molecular formula is C15H28O. The van der Waals surface area contributed by atoms with E-state index in [2.05, 4.69) is 26.8 Å². The summed E-state index contributed by atoms with van der Waals surface area (Å²) in [5, 5.41) is 8.95. The predicted molar refractivity (Wildman–Crippen MR) is 70.4 cm³/mol. The number of aliphatic hydroxyl groups is 1. The van der Waals surface area contributed by atoms with Crippen molar-refractivity contribution in [3.63, 3.8) is 0 Å². The van der Waals surface area contributed by atoms with Gasteiger partial charge in [-0.05, 0) is 49.9 Å². The van der Waals surface area contributed by atoms with Crippen LogP contribution < -0.4 is 0 Å². The maximum atomic E-state index is 8.95. The van der Waals surface area contributed by atoms with Crippen molar-refractivity contribution >= 4 is 0 Å². The van der Waals surface area contributed by atoms with E-state index in [0.29, 0.717) is 10.8 Å². The largest absolute Gasteiger partial charge is 0.392 e. The van der Waals surface area contributed by atoms with Gasteiger partial charge in [0, 0.05) is 0 Å². The smallest absolute Gasteiger partial charge is 0.0639 e. The molecule has 0 aliphatic heterocycles. The van der Waals surface area contributed by atoms with Crippen molar-refractivity contribution in [1.29, 1.82) is 0 Å². The quantitative estimate of drug-likeness (QED) is 0.705. The van der Waals surface area contributed by atoms with Gasteiger partial charge in [0.1, 0.15) is 0 Å². The van der Waals surface area contributed by atoms with Gasteiger partial charge >= 0.3 is 0 Å². The Bertz CT molecular complexity index is 252. The molecule has 1 atom stereocenters. The van der Waals surface area contributed by atoms with E-state index in [9.17, 15) is 0 Å². The summed E-state index contributed by atoms with van der Waals surface area (Å²) in [7, 11) is 0. The first-order valence-corrected chi connectivity index (χ1v) is 6.63. The molecule has 1 saturated carbocycles. The molecule has 1 aliphatic carbocycles. The SMILES string of the molecule is C/C(=C\CC[C@]1(C)CCCC(C)(C)C1)CO. The molecule has 0 spiro atoms. The van der Waals surface area contributed by atoms with Gasteiger partial charge in [-0.1, -0.05) is 38.8 Å². The highest BCUT2D eigenvalue weighted by Gasteiger charge is 2.35. The molecule has 0 saturated heterocycles. The Balaban J connectivity index is 2.46. The van der Waals surface area contributed by atoms with E-state index < -0.39 is 0 Å². The Hall–Kier alpha value is -0.300. The number of hydrogen-bond acceptors (Lipinski definition) is 1. The molecule has 1 aliphatic rings. The first-order valence-electron chi connectivity index (χ1n) is 6.63. The summed E-state index contributed by atoms with van der Waals surface area (Å²) < 4.78 is 0. The molecule has 1 rings (SSSR count). The summed E-state index contributed by atoms with van der Waals surface area (Å²) in [5.41, 5.74) is 2.16. The fourth-order valence-electron chi connectivity index (χ4n) is 3.27. The van der Waals surface area contributed by atoms with Crippen molar-refractivity contribution < 1.29 is 5.11 Å². The zero-order chi connectivity index (χ0) is 12.2. The lowest BCUT2D eigenvalue weighted by Crippen LogP contribution is -2.30. The lowest BCUT2D eigenvalue weighted by molar-refractivity contribution is 0.0919. The van der Waals surface area contributed by atoms with E-state index in [1.165, 1.54) is 32.1 Å². The third-order valence-electron chi connectivity index (χ3n) is 4.03. The van der Waals surface area contributed by atoms with Crippen LogP contribution in [0.3, 0.4) is 0 Å². The third-order valence-corrected chi connectivity index (χ3v) is 4.03. The molecule has 0 aromatic carbocycles. The predicted octanol–water partition coefficient (Wildman–Crippen LogP) is 4.31. The Morgan fingerprint density at radius 2 is 1.94 bits per heavy atom. The Morgan fingerprint density at radius 1 is 1.25 bits per heavy atom. The highest BCUT2D eigenvalue weighted by atomic mass is 16.3. The van der Waals surface area contributed by atoms with E-state index in [-0.39, 0.29) is 6.61 Å². The van der Waals surface area contributed by atoms with Crippen molar-refractivity contribution in [3.05, 3.63) is 11.6 Å². The molecule has 0 amide bonds. The highest BCUT2D eigenvalue weighted by Crippen LogP contribution is 2.48. The average Bonchev–Trinajstić information content (AvgIpc) is 2.15. The van der Waals surface area contributed by atoms with Crippen LogP contribution in [0.15, 0.2) is 11.6 Å². The second kappa shape index (κ2) is 5.35. The minimum atomic E-state index is 0.211. The topological polar surface area (TPSA) is 20.2 Å². The Kier molecular flexibility index (Phi) is 4.61. The molecule has 0 unspecified atom stereocenters. The fraction of sp³-hybridized carbons (Fsp3) is 0.867. The first-order chi connectivity index (χ1) is 7.37. The third kappa shape index (κ3) is 4.29. The molecule has 94 valence electrons. The van der Waals surface area contributed by atoms with Gasteiger partial charge < -0.3 is 5.11 Å². The second-order valence-electron chi connectivity index (χ2n) is 6.75. The summed E-state index contributed by atoms with van der Waals surface area (Å²) in [4.78, 5) is 0. The lowest BCUT2D eigenvalue weighted by atomic mass is 9.63. The number of hydrogen-bond donors (Lipinski definition) is 1. The minimum absolute atomic E-state index is 0.211. The second-order valence-corrected chi connectivity index (χ2v) is 6.75. The number of allylic oxidation sites excluding steroid dienone is 1. The first kappa shape index (κ1) is 13.8. The van der Waals surface area contributed by atoms with Crippen LogP contribution in [0.25, 0.3) is 0 Å². The number of aliphatic hydroxyl groups excluding tert-OH is 1. The van der Waals surface area contributed by atoms with Gasteiger partial charge in [-0.2, -0.15) is 0 Å². The van der Waals surface area contributed by atoms with Gasteiger partial charge in [-0.25, -0.2) is 0 Å². The van der Waals surface area contributed by atoms with Crippen molar-refractivity contribution in [3.8, 4) is 0 Å². The molecule has 16 heavy (non-hydrogen) atoms. The molecule has 1 fully saturated rings. The molecule has 1 N–H and O–H groups in total. The molecule has 1 heteroatoms. The van der Waals surface area contributed by atoms with E-state index in [1.54, 1.807) is 0 Å². The van der Waals surface area contributed by atoms with Gasteiger partial charge in [0.25, 0.3) is 0 Å². The molecular weight excluding hydrogens is 196 g/mol. The summed E-state index contributed by atoms with van der Waals surface area (Å²) in [6, 6.07) is 0. The molecule has 0 radical (unpaired) electrons. The standard InChI is InChI=1S/C15H28O/c1-13(11-16)7-5-9-15(4)10-6-8-14(2,3)12-15/h7,16H,5-6,8-12H2,1-4H3/b13-7+/t15-/m1/s1. The van der Waals surface area contributed by atoms with Crippen LogP contribution in [0, 0.1) is 10.8 Å². The van der Waals surface area contributed by atoms with E-state index in [1.807, 2.05) is 6.92 Å². The van der Waals surface area contributed by atoms with Gasteiger partial charge in [0.15, 0.2) is 0 Å². The average molecular weight is 224 g/mol. The normalized spacial score (nSPS) is 30.4. The van der Waals surface area contributed by atoms with Gasteiger partial charge in [0.2, 0.25) is 0 Å². The zero-order valence-electron chi connectivity index (χ0n) is 11.5. The molecule has 0 aromatic heterocycles. The van der Waals surface area contributed by atoms with Crippen LogP contribution in [-0.4, -0.2) is 11.7 Å². The lowest BCUT2D eigenvalue weighted by Gasteiger charge is -2.43. The molecule has 0 bridgehead atoms. The van der Waals surface area contributed by atoms with E-state index in [0.717, 1.165) is 12.0 Å². The maximum Gasteiger partial charge on any atom is 0.0639 e. The van der Waals surface area contributed by atoms with Crippen LogP contribution >= 0.6 is 0 Å². The Morgan fingerprint density at radius 3 is 2.50 bits per heavy atom. The van der Waals surface area contributed by atoms with E-state index in [4.69, 9.17) is 5.11 Å². The van der Waals surface area contributed by atoms with Gasteiger partial charge in [-0.15, -0.1) is 0 Å². The summed E-state index contributed by atoms with van der Waals surface area (Å²) in [5.74, 6) is 0. The molecule has 0 heterocycles. The summed E-state index contributed by atoms with van der Waals surface area (Å²) in [6.07, 6.45) is 10.1. The fourth-order valence-corrected chi connectivity index (χ4v) is 3.27. The zero-order valence-corrected chi connectivity index (χ0v) is 11.5. The van der Waals surface area contributed by atoms with Gasteiger partial charge in [0.05, 0.1) is 6.61 Å². The van der Waals surface area contributed by atoms with Crippen molar-refractivity contribution in [2.75, 3.05) is 6.61 Å². The summed E-state index contributed by atoms with van der Waals surface area (Å²) >= 11 is 0. The van der Waals surface area contributed by atoms with Crippen LogP contribution in [0.5, 0.6) is 0 Å². The monoisotopic (exact) mass is 224 g/mol. The highest BCUT2D eigenvalue weighted by molar-refractivity contribution is 4.99. The van der Waals surface area contributed by atoms with Crippen molar-refractivity contribution in [2.24, 2.45) is 10.8 Å². The van der Waals surface area contributed by atoms with Crippen molar-refractivity contribution in [1.82, 2.24) is 0 Å². The summed E-state index contributed by atoms with van der Waals surface area (Å²) in [6.45, 7) is 9.46. The number of rotatable bonds is 4. The van der Waals surface area contributed by atoms with E-state index >= 15 is 0 Å².